The number of aromatic nitrogens is 4. The van der Waals surface area contributed by atoms with E-state index in [1.165, 1.54) is 105 Å². The lowest BCUT2D eigenvalue weighted by Crippen LogP contribution is -2.15. The van der Waals surface area contributed by atoms with Crippen LogP contribution in [0.3, 0.4) is 0 Å². The number of benzene rings is 13. The minimum absolute atomic E-state index is 0.0784. The first-order valence-electron chi connectivity index (χ1n) is 31.0. The number of hydrogen-bond donors (Lipinski definition) is 0. The summed E-state index contributed by atoms with van der Waals surface area (Å²) in [5, 5.41) is 7.22. The highest BCUT2D eigenvalue weighted by atomic mass is 14.9. The maximum atomic E-state index is 5.30. The Morgan fingerprint density at radius 3 is 1.25 bits per heavy atom. The van der Waals surface area contributed by atoms with E-state index in [1.54, 1.807) is 0 Å². The van der Waals surface area contributed by atoms with Gasteiger partial charge >= 0.3 is 0 Å². The lowest BCUT2D eigenvalue weighted by molar-refractivity contribution is 0.666. The first-order chi connectivity index (χ1) is 43.6. The SMILES string of the molecule is CC1(C)c2ccccc2-c2ccc3ccc(-c4nc(-c5ccc6c(c5)Cc5ccccc5-6)nc5ccccc45)cc3c21.CC1(C)c2ccccc2-c2ccc3ccc(-c4nc(-c5cccc(-c6ccc(-c7ccccc7)cc6)c5)nc5ccccc45)cc3c21. The molecule has 13 aromatic carbocycles. The number of para-hydroxylation sites is 2. The molecular formula is C85H60N4. The summed E-state index contributed by atoms with van der Waals surface area (Å²) in [6.07, 6.45) is 0.952. The largest absolute Gasteiger partial charge is 0.228 e. The Morgan fingerprint density at radius 1 is 0.258 bits per heavy atom. The van der Waals surface area contributed by atoms with Crippen molar-refractivity contribution in [3.63, 3.8) is 0 Å². The predicted molar refractivity (Wildman–Crippen MR) is 370 cm³/mol. The second-order valence-electron chi connectivity index (χ2n) is 25.2. The van der Waals surface area contributed by atoms with E-state index in [2.05, 4.69) is 307 Å². The zero-order chi connectivity index (χ0) is 59.5. The number of hydrogen-bond acceptors (Lipinski definition) is 4. The second kappa shape index (κ2) is 20.3. The van der Waals surface area contributed by atoms with Crippen LogP contribution in [0.25, 0.3) is 144 Å². The summed E-state index contributed by atoms with van der Waals surface area (Å²) < 4.78 is 0. The van der Waals surface area contributed by atoms with Gasteiger partial charge in [-0.1, -0.05) is 270 Å². The van der Waals surface area contributed by atoms with Crippen LogP contribution in [0.15, 0.2) is 279 Å². The van der Waals surface area contributed by atoms with Crippen LogP contribution in [0, 0.1) is 0 Å². The Balaban J connectivity index is 0.000000138. The molecule has 89 heavy (non-hydrogen) atoms. The summed E-state index contributed by atoms with van der Waals surface area (Å²) >= 11 is 0. The quantitative estimate of drug-likeness (QED) is 0.166. The first-order valence-corrected chi connectivity index (χ1v) is 31.0. The fourth-order valence-electron chi connectivity index (χ4n) is 15.0. The lowest BCUT2D eigenvalue weighted by Gasteiger charge is -2.23. The van der Waals surface area contributed by atoms with Crippen LogP contribution in [-0.4, -0.2) is 19.9 Å². The molecule has 3 aliphatic rings. The van der Waals surface area contributed by atoms with Crippen molar-refractivity contribution in [2.24, 2.45) is 0 Å². The van der Waals surface area contributed by atoms with E-state index in [0.29, 0.717) is 0 Å². The molecule has 0 saturated carbocycles. The third-order valence-corrected chi connectivity index (χ3v) is 19.3. The summed E-state index contributed by atoms with van der Waals surface area (Å²) in [5.74, 6) is 1.50. The standard InChI is InChI=1S/C45H32N2.C40H28N2/c1-45(2)40-17-8-6-15-36(40)37-26-25-32-23-24-34(28-39(32)42(37)45)43-38-16-7-9-18-41(38)46-44(47-43)35-14-10-13-33(27-35)31-21-19-30(20-22-31)29-11-4-3-5-12-29;1-40(2)35-13-7-5-11-31(35)32-20-17-24-15-16-26(23-34(24)37(32)40)38-33-12-6-8-14-36(33)41-39(42-38)27-18-19-30-28(22-27)21-25-9-3-4-10-29(25)30/h3-28H,1-2H3;3-20,22-23H,21H2,1-2H3. The van der Waals surface area contributed by atoms with E-state index in [-0.39, 0.29) is 10.8 Å². The molecule has 0 amide bonds. The maximum absolute atomic E-state index is 5.30. The third kappa shape index (κ3) is 8.57. The summed E-state index contributed by atoms with van der Waals surface area (Å²) in [5.41, 5.74) is 29.0. The van der Waals surface area contributed by atoms with E-state index < -0.39 is 0 Å². The highest BCUT2D eigenvalue weighted by molar-refractivity contribution is 6.04. The van der Waals surface area contributed by atoms with Gasteiger partial charge in [0.2, 0.25) is 0 Å². The highest BCUT2D eigenvalue weighted by Crippen LogP contribution is 2.53. The zero-order valence-electron chi connectivity index (χ0n) is 50.1. The van der Waals surface area contributed by atoms with Gasteiger partial charge in [-0.25, -0.2) is 19.9 Å². The van der Waals surface area contributed by atoms with E-state index in [1.807, 2.05) is 0 Å². The molecule has 2 aromatic heterocycles. The minimum Gasteiger partial charge on any atom is -0.228 e. The molecule has 4 heteroatoms. The van der Waals surface area contributed by atoms with Gasteiger partial charge in [0, 0.05) is 43.9 Å². The van der Waals surface area contributed by atoms with E-state index in [4.69, 9.17) is 19.9 Å². The molecule has 0 unspecified atom stereocenters. The molecule has 0 spiro atoms. The second-order valence-corrected chi connectivity index (χ2v) is 25.2. The molecule has 420 valence electrons. The Kier molecular flexibility index (Phi) is 12.0. The molecule has 0 radical (unpaired) electrons. The molecule has 0 aliphatic heterocycles. The van der Waals surface area contributed by atoms with E-state index in [0.717, 1.165) is 79.1 Å². The van der Waals surface area contributed by atoms with Crippen LogP contribution in [0.5, 0.6) is 0 Å². The third-order valence-electron chi connectivity index (χ3n) is 19.3. The van der Waals surface area contributed by atoms with Crippen molar-refractivity contribution in [1.29, 1.82) is 0 Å². The van der Waals surface area contributed by atoms with Crippen LogP contribution in [0.4, 0.5) is 0 Å². The molecule has 0 saturated heterocycles. The van der Waals surface area contributed by atoms with E-state index in [9.17, 15) is 0 Å². The molecule has 18 rings (SSSR count). The molecule has 15 aromatic rings. The number of nitrogens with zero attached hydrogens (tertiary/aromatic N) is 4. The molecule has 0 N–H and O–H groups in total. The Labute approximate surface area is 518 Å². The van der Waals surface area contributed by atoms with Gasteiger partial charge in [0.05, 0.1) is 22.4 Å². The molecule has 0 atom stereocenters. The topological polar surface area (TPSA) is 51.6 Å². The Morgan fingerprint density at radius 2 is 0.663 bits per heavy atom. The van der Waals surface area contributed by atoms with Gasteiger partial charge in [-0.05, 0) is 153 Å². The van der Waals surface area contributed by atoms with Crippen LogP contribution in [-0.2, 0) is 17.3 Å². The molecule has 2 heterocycles. The van der Waals surface area contributed by atoms with Crippen LogP contribution >= 0.6 is 0 Å². The van der Waals surface area contributed by atoms with E-state index >= 15 is 0 Å². The summed E-state index contributed by atoms with van der Waals surface area (Å²) in [6, 6.07) is 101. The maximum Gasteiger partial charge on any atom is 0.160 e. The van der Waals surface area contributed by atoms with Gasteiger partial charge in [-0.15, -0.1) is 0 Å². The molecule has 0 bridgehead atoms. The van der Waals surface area contributed by atoms with Crippen molar-refractivity contribution in [2.45, 2.75) is 44.9 Å². The van der Waals surface area contributed by atoms with Gasteiger partial charge < -0.3 is 0 Å². The van der Waals surface area contributed by atoms with Crippen LogP contribution in [0.1, 0.15) is 61.1 Å². The highest BCUT2D eigenvalue weighted by Gasteiger charge is 2.38. The van der Waals surface area contributed by atoms with Crippen molar-refractivity contribution in [3.05, 3.63) is 312 Å². The molecular weight excluding hydrogens is 1080 g/mol. The van der Waals surface area contributed by atoms with Crippen LogP contribution < -0.4 is 0 Å². The Hall–Kier alpha value is -10.9. The predicted octanol–water partition coefficient (Wildman–Crippen LogP) is 21.8. The zero-order valence-corrected chi connectivity index (χ0v) is 50.1. The number of rotatable bonds is 6. The fraction of sp³-hybridized carbons (Fsp3) is 0.0824. The first kappa shape index (κ1) is 52.4. The monoisotopic (exact) mass is 1140 g/mol. The van der Waals surface area contributed by atoms with Crippen molar-refractivity contribution in [3.8, 4) is 101 Å². The van der Waals surface area contributed by atoms with Crippen molar-refractivity contribution in [2.75, 3.05) is 0 Å². The van der Waals surface area contributed by atoms with Gasteiger partial charge in [-0.3, -0.25) is 0 Å². The number of fused-ring (bicyclic) bond motifs is 15. The molecule has 3 aliphatic carbocycles. The van der Waals surface area contributed by atoms with Crippen LogP contribution in [0.2, 0.25) is 0 Å². The summed E-state index contributed by atoms with van der Waals surface area (Å²) in [6.45, 7) is 9.41. The van der Waals surface area contributed by atoms with Gasteiger partial charge in [0.25, 0.3) is 0 Å². The van der Waals surface area contributed by atoms with Crippen molar-refractivity contribution < 1.29 is 0 Å². The average molecular weight is 1140 g/mol. The fourth-order valence-corrected chi connectivity index (χ4v) is 15.0. The summed E-state index contributed by atoms with van der Waals surface area (Å²) in [4.78, 5) is 20.7. The average Bonchev–Trinajstić information content (AvgIpc) is 1.61. The minimum atomic E-state index is -0.0945. The summed E-state index contributed by atoms with van der Waals surface area (Å²) in [7, 11) is 0. The lowest BCUT2D eigenvalue weighted by atomic mass is 9.80. The van der Waals surface area contributed by atoms with Gasteiger partial charge in [0.1, 0.15) is 0 Å². The Bertz CT molecular complexity index is 5400. The van der Waals surface area contributed by atoms with Gasteiger partial charge in [0.15, 0.2) is 11.6 Å². The smallest absolute Gasteiger partial charge is 0.160 e. The molecule has 0 fully saturated rings. The van der Waals surface area contributed by atoms with Crippen molar-refractivity contribution >= 4 is 43.4 Å². The van der Waals surface area contributed by atoms with Gasteiger partial charge in [-0.2, -0.15) is 0 Å². The normalized spacial score (nSPS) is 13.5. The molecule has 4 nitrogen and oxygen atoms in total. The van der Waals surface area contributed by atoms with Crippen molar-refractivity contribution in [1.82, 2.24) is 19.9 Å².